The van der Waals surface area contributed by atoms with Gasteiger partial charge in [-0.3, -0.25) is 0 Å². The molecule has 2 aromatic carbocycles. The normalized spacial score (nSPS) is 10.2. The van der Waals surface area contributed by atoms with Gasteiger partial charge in [0.25, 0.3) is 0 Å². The summed E-state index contributed by atoms with van der Waals surface area (Å²) in [6.07, 6.45) is 0. The van der Waals surface area contributed by atoms with Crippen LogP contribution in [0.3, 0.4) is 0 Å². The van der Waals surface area contributed by atoms with Crippen molar-refractivity contribution in [1.29, 1.82) is 0 Å². The first kappa shape index (κ1) is 12.5. The van der Waals surface area contributed by atoms with E-state index in [1.54, 1.807) is 14.2 Å². The van der Waals surface area contributed by atoms with Crippen molar-refractivity contribution in [1.82, 2.24) is 0 Å². The summed E-state index contributed by atoms with van der Waals surface area (Å²) in [4.78, 5) is 0. The molecule has 0 radical (unpaired) electrons. The fourth-order valence-electron chi connectivity index (χ4n) is 1.90. The van der Waals surface area contributed by atoms with Gasteiger partial charge in [-0.05, 0) is 29.3 Å². The van der Waals surface area contributed by atoms with Gasteiger partial charge in [-0.2, -0.15) is 0 Å². The summed E-state index contributed by atoms with van der Waals surface area (Å²) < 4.78 is 10.6. The molecule has 0 unspecified atom stereocenters. The van der Waals surface area contributed by atoms with E-state index in [1.165, 1.54) is 0 Å². The van der Waals surface area contributed by atoms with Gasteiger partial charge in [-0.1, -0.05) is 18.2 Å². The molecule has 0 fully saturated rings. The fourth-order valence-corrected chi connectivity index (χ4v) is 1.90. The molecule has 2 rings (SSSR count). The highest BCUT2D eigenvalue weighted by Crippen LogP contribution is 2.33. The van der Waals surface area contributed by atoms with E-state index >= 15 is 0 Å². The molecule has 0 bridgehead atoms. The van der Waals surface area contributed by atoms with Gasteiger partial charge < -0.3 is 15.2 Å². The molecule has 0 aliphatic carbocycles. The van der Waals surface area contributed by atoms with E-state index < -0.39 is 0 Å². The predicted molar refractivity (Wildman–Crippen MR) is 72.9 cm³/mol. The summed E-state index contributed by atoms with van der Waals surface area (Å²) in [5, 5.41) is 0. The van der Waals surface area contributed by atoms with E-state index in [0.29, 0.717) is 6.54 Å². The molecule has 3 nitrogen and oxygen atoms in total. The highest BCUT2D eigenvalue weighted by molar-refractivity contribution is 5.72. The zero-order valence-corrected chi connectivity index (χ0v) is 10.6. The van der Waals surface area contributed by atoms with Gasteiger partial charge in [0.15, 0.2) is 0 Å². The van der Waals surface area contributed by atoms with Crippen LogP contribution >= 0.6 is 0 Å². The minimum absolute atomic E-state index is 0.534. The average Bonchev–Trinajstić information content (AvgIpc) is 2.46. The lowest BCUT2D eigenvalue weighted by Gasteiger charge is -2.11. The van der Waals surface area contributed by atoms with Crippen molar-refractivity contribution in [3.63, 3.8) is 0 Å². The molecule has 0 amide bonds. The van der Waals surface area contributed by atoms with E-state index in [0.717, 1.165) is 28.2 Å². The summed E-state index contributed by atoms with van der Waals surface area (Å²) in [7, 11) is 3.30. The van der Waals surface area contributed by atoms with Gasteiger partial charge in [0, 0.05) is 18.2 Å². The zero-order chi connectivity index (χ0) is 13.0. The van der Waals surface area contributed by atoms with E-state index in [2.05, 4.69) is 6.07 Å². The molecule has 0 aliphatic heterocycles. The number of hydrogen-bond donors (Lipinski definition) is 1. The smallest absolute Gasteiger partial charge is 0.130 e. The van der Waals surface area contributed by atoms with Crippen molar-refractivity contribution in [3.8, 4) is 22.6 Å². The third kappa shape index (κ3) is 2.46. The number of benzene rings is 2. The van der Waals surface area contributed by atoms with E-state index in [9.17, 15) is 0 Å². The molecular weight excluding hydrogens is 226 g/mol. The van der Waals surface area contributed by atoms with Crippen molar-refractivity contribution < 1.29 is 9.47 Å². The van der Waals surface area contributed by atoms with Gasteiger partial charge in [-0.25, -0.2) is 0 Å². The zero-order valence-electron chi connectivity index (χ0n) is 10.6. The van der Waals surface area contributed by atoms with Crippen molar-refractivity contribution in [3.05, 3.63) is 48.0 Å². The minimum atomic E-state index is 0.534. The minimum Gasteiger partial charge on any atom is -0.497 e. The number of hydrogen-bond acceptors (Lipinski definition) is 3. The molecule has 0 aromatic heterocycles. The SMILES string of the molecule is COc1ccc(-c2cccc(CN)c2)c(OC)c1. The highest BCUT2D eigenvalue weighted by atomic mass is 16.5. The Morgan fingerprint density at radius 3 is 2.50 bits per heavy atom. The first-order valence-corrected chi connectivity index (χ1v) is 5.80. The molecule has 0 heterocycles. The Morgan fingerprint density at radius 2 is 1.83 bits per heavy atom. The highest BCUT2D eigenvalue weighted by Gasteiger charge is 2.07. The summed E-state index contributed by atoms with van der Waals surface area (Å²) >= 11 is 0. The Hall–Kier alpha value is -2.00. The fraction of sp³-hybridized carbons (Fsp3) is 0.200. The molecule has 0 spiro atoms. The Morgan fingerprint density at radius 1 is 1.00 bits per heavy atom. The molecule has 2 aromatic rings. The van der Waals surface area contributed by atoms with Crippen LogP contribution in [-0.4, -0.2) is 14.2 Å². The molecule has 3 heteroatoms. The van der Waals surface area contributed by atoms with Crippen molar-refractivity contribution in [2.45, 2.75) is 6.54 Å². The molecule has 0 atom stereocenters. The van der Waals surface area contributed by atoms with Crippen LogP contribution in [0.4, 0.5) is 0 Å². The topological polar surface area (TPSA) is 44.5 Å². The summed E-state index contributed by atoms with van der Waals surface area (Å²) in [6, 6.07) is 13.9. The molecule has 2 N–H and O–H groups in total. The van der Waals surface area contributed by atoms with Crippen molar-refractivity contribution in [2.24, 2.45) is 5.73 Å². The first-order valence-electron chi connectivity index (χ1n) is 5.80. The van der Waals surface area contributed by atoms with Crippen molar-refractivity contribution in [2.75, 3.05) is 14.2 Å². The molecule has 94 valence electrons. The average molecular weight is 243 g/mol. The maximum atomic E-state index is 5.66. The van der Waals surface area contributed by atoms with Crippen LogP contribution in [0.5, 0.6) is 11.5 Å². The second kappa shape index (κ2) is 5.56. The predicted octanol–water partition coefficient (Wildman–Crippen LogP) is 2.83. The summed E-state index contributed by atoms with van der Waals surface area (Å²) in [5.74, 6) is 1.58. The Balaban J connectivity index is 2.48. The lowest BCUT2D eigenvalue weighted by Crippen LogP contribution is -1.96. The number of rotatable bonds is 4. The number of ether oxygens (including phenoxy) is 2. The molecule has 18 heavy (non-hydrogen) atoms. The summed E-state index contributed by atoms with van der Waals surface area (Å²) in [6.45, 7) is 0.534. The second-order valence-electron chi connectivity index (χ2n) is 3.97. The third-order valence-electron chi connectivity index (χ3n) is 2.88. The number of nitrogens with two attached hydrogens (primary N) is 1. The van der Waals surface area contributed by atoms with Crippen molar-refractivity contribution >= 4 is 0 Å². The largest absolute Gasteiger partial charge is 0.497 e. The van der Waals surface area contributed by atoms with Gasteiger partial charge in [0.2, 0.25) is 0 Å². The van der Waals surface area contributed by atoms with E-state index in [-0.39, 0.29) is 0 Å². The quantitative estimate of drug-likeness (QED) is 0.898. The molecule has 0 saturated heterocycles. The molecule has 0 aliphatic rings. The maximum Gasteiger partial charge on any atom is 0.130 e. The van der Waals surface area contributed by atoms with Gasteiger partial charge in [0.1, 0.15) is 11.5 Å². The van der Waals surface area contributed by atoms with Gasteiger partial charge >= 0.3 is 0 Å². The summed E-state index contributed by atoms with van der Waals surface area (Å²) in [5.41, 5.74) is 8.89. The Kier molecular flexibility index (Phi) is 3.85. The molecular formula is C15H17NO2. The standard InChI is InChI=1S/C15H17NO2/c1-17-13-6-7-14(15(9-13)18-2)12-5-3-4-11(8-12)10-16/h3-9H,10,16H2,1-2H3. The Labute approximate surface area is 107 Å². The van der Waals surface area contributed by atoms with Crippen LogP contribution in [0.2, 0.25) is 0 Å². The monoisotopic (exact) mass is 243 g/mol. The van der Waals surface area contributed by atoms with Crippen LogP contribution < -0.4 is 15.2 Å². The second-order valence-corrected chi connectivity index (χ2v) is 3.97. The van der Waals surface area contributed by atoms with Crippen LogP contribution in [0, 0.1) is 0 Å². The van der Waals surface area contributed by atoms with E-state index in [1.807, 2.05) is 36.4 Å². The van der Waals surface area contributed by atoms with Crippen LogP contribution in [-0.2, 0) is 6.54 Å². The molecule has 0 saturated carbocycles. The first-order chi connectivity index (χ1) is 8.78. The van der Waals surface area contributed by atoms with Gasteiger partial charge in [-0.15, -0.1) is 0 Å². The number of methoxy groups -OCH3 is 2. The van der Waals surface area contributed by atoms with E-state index in [4.69, 9.17) is 15.2 Å². The lowest BCUT2D eigenvalue weighted by molar-refractivity contribution is 0.395. The Bertz CT molecular complexity index is 538. The lowest BCUT2D eigenvalue weighted by atomic mass is 10.0. The third-order valence-corrected chi connectivity index (χ3v) is 2.88. The maximum absolute atomic E-state index is 5.66. The van der Waals surface area contributed by atoms with Crippen LogP contribution in [0.1, 0.15) is 5.56 Å². The van der Waals surface area contributed by atoms with Gasteiger partial charge in [0.05, 0.1) is 14.2 Å². The van der Waals surface area contributed by atoms with Crippen LogP contribution in [0.15, 0.2) is 42.5 Å². The van der Waals surface area contributed by atoms with Crippen LogP contribution in [0.25, 0.3) is 11.1 Å².